The van der Waals surface area contributed by atoms with E-state index >= 15 is 0 Å². The fourth-order valence-electron chi connectivity index (χ4n) is 3.19. The van der Waals surface area contributed by atoms with E-state index in [1.807, 2.05) is 32.1 Å². The van der Waals surface area contributed by atoms with Crippen molar-refractivity contribution >= 4 is 22.5 Å². The van der Waals surface area contributed by atoms with Crippen LogP contribution in [0, 0.1) is 12.8 Å². The molecule has 1 heterocycles. The third kappa shape index (κ3) is 5.42. The predicted molar refractivity (Wildman–Crippen MR) is 118 cm³/mol. The van der Waals surface area contributed by atoms with Gasteiger partial charge in [-0.15, -0.1) is 0 Å². The lowest BCUT2D eigenvalue weighted by atomic mass is 9.95. The summed E-state index contributed by atoms with van der Waals surface area (Å²) in [6.45, 7) is 13.4. The van der Waals surface area contributed by atoms with Crippen molar-refractivity contribution in [3.8, 4) is 0 Å². The first kappa shape index (κ1) is 22.1. The van der Waals surface area contributed by atoms with Crippen LogP contribution in [0.4, 0.5) is 0 Å². The predicted octanol–water partition coefficient (Wildman–Crippen LogP) is 3.86. The van der Waals surface area contributed by atoms with Crippen molar-refractivity contribution in [3.63, 3.8) is 0 Å². The first-order valence-electron chi connectivity index (χ1n) is 9.59. The largest absolute Gasteiger partial charge is 0.309 e. The van der Waals surface area contributed by atoms with Crippen molar-refractivity contribution in [1.29, 1.82) is 0 Å². The lowest BCUT2D eigenvalue weighted by molar-refractivity contribution is 0.0675. The summed E-state index contributed by atoms with van der Waals surface area (Å²) in [5.74, 6) is 0.492. The number of allylic oxidation sites excluding steroid dienone is 5. The number of hydrogen-bond donors (Lipinski definition) is 2. The van der Waals surface area contributed by atoms with Gasteiger partial charge in [0.1, 0.15) is 11.0 Å². The van der Waals surface area contributed by atoms with E-state index in [0.29, 0.717) is 12.5 Å². The van der Waals surface area contributed by atoms with Crippen LogP contribution in [0.5, 0.6) is 0 Å². The average molecular weight is 402 g/mol. The molecule has 2 N–H and O–H groups in total. The normalized spacial score (nSPS) is 15.8. The van der Waals surface area contributed by atoms with Crippen molar-refractivity contribution in [2.45, 2.75) is 40.7 Å². The molecule has 1 aromatic carbocycles. The minimum atomic E-state index is -1.12. The summed E-state index contributed by atoms with van der Waals surface area (Å²) in [4.78, 5) is 12.8. The lowest BCUT2D eigenvalue weighted by Gasteiger charge is -2.18. The molecule has 0 fully saturated rings. The Balaban J connectivity index is 2.39. The molecule has 1 amide bonds. The number of benzene rings is 1. The zero-order chi connectivity index (χ0) is 20.8. The second kappa shape index (κ2) is 9.85. The molecule has 152 valence electrons. The number of carbonyl (C=O) groups excluding carboxylic acids is 1. The second-order valence-corrected chi connectivity index (χ2v) is 8.52. The van der Waals surface area contributed by atoms with E-state index in [2.05, 4.69) is 36.6 Å². The Labute approximate surface area is 171 Å². The first-order valence-corrected chi connectivity index (χ1v) is 11.1. The van der Waals surface area contributed by atoms with Gasteiger partial charge in [0.05, 0.1) is 6.54 Å². The summed E-state index contributed by atoms with van der Waals surface area (Å²) in [6.07, 6.45) is 8.03. The van der Waals surface area contributed by atoms with Gasteiger partial charge in [-0.25, -0.2) is 9.63 Å². The van der Waals surface area contributed by atoms with Gasteiger partial charge in [0.15, 0.2) is 0 Å². The molecule has 1 unspecified atom stereocenters. The summed E-state index contributed by atoms with van der Waals surface area (Å²) in [5, 5.41) is 1.70. The van der Waals surface area contributed by atoms with Crippen LogP contribution in [0.3, 0.4) is 0 Å². The fraction of sp³-hybridized carbons (Fsp3) is 0.409. The third-order valence-electron chi connectivity index (χ3n) is 4.51. The molecular formula is C22H31N3O2S. The van der Waals surface area contributed by atoms with Gasteiger partial charge in [-0.2, -0.15) is 0 Å². The molecule has 0 bridgehead atoms. The van der Waals surface area contributed by atoms with E-state index in [1.165, 1.54) is 0 Å². The summed E-state index contributed by atoms with van der Waals surface area (Å²) in [7, 11) is -1.12. The Morgan fingerprint density at radius 3 is 2.68 bits per heavy atom. The van der Waals surface area contributed by atoms with Crippen LogP contribution in [0.2, 0.25) is 0 Å². The van der Waals surface area contributed by atoms with Crippen LogP contribution in [0.25, 0.3) is 5.57 Å². The molecule has 0 aliphatic carbocycles. The van der Waals surface area contributed by atoms with Crippen LogP contribution in [-0.2, 0) is 17.5 Å². The third-order valence-corrected chi connectivity index (χ3v) is 5.06. The van der Waals surface area contributed by atoms with Gasteiger partial charge >= 0.3 is 0 Å². The molecule has 0 radical (unpaired) electrons. The number of fused-ring (bicyclic) bond motifs is 1. The Morgan fingerprint density at radius 2 is 2.11 bits per heavy atom. The highest BCUT2D eigenvalue weighted by atomic mass is 32.2. The molecule has 0 spiro atoms. The number of rotatable bonds is 9. The molecule has 1 atom stereocenters. The Morgan fingerprint density at radius 1 is 1.39 bits per heavy atom. The summed E-state index contributed by atoms with van der Waals surface area (Å²) in [6, 6.07) is 4.10. The minimum absolute atomic E-state index is 0.0294. The number of hydrazine groups is 1. The SMILES string of the molecule is C=C/C=C(\C=C(/CC)NS(C)=O)c1cc(C)c2c(c1)CN(NCC(C)C)C2=O. The average Bonchev–Trinajstić information content (AvgIpc) is 2.94. The summed E-state index contributed by atoms with van der Waals surface area (Å²) >= 11 is 0. The molecule has 6 heteroatoms. The monoisotopic (exact) mass is 401 g/mol. The van der Waals surface area contributed by atoms with Crippen LogP contribution in [0.1, 0.15) is 54.2 Å². The molecule has 0 saturated heterocycles. The number of carbonyl (C=O) groups is 1. The topological polar surface area (TPSA) is 61.4 Å². The van der Waals surface area contributed by atoms with Crippen LogP contribution in [0.15, 0.2) is 42.6 Å². The summed E-state index contributed by atoms with van der Waals surface area (Å²) < 4.78 is 14.5. The highest BCUT2D eigenvalue weighted by Gasteiger charge is 2.29. The molecule has 1 aliphatic rings. The standard InChI is InChI=1S/C22H31N3O2S/c1-7-9-17(12-20(8-2)24-28(6)27)18-10-16(5)21-19(11-18)14-25(22(21)26)23-13-15(3)4/h7,9-12,15,23-24H,1,8,13-14H2,2-6H3/b17-9+,20-12+. The van der Waals surface area contributed by atoms with Gasteiger partial charge in [0.2, 0.25) is 0 Å². The van der Waals surface area contributed by atoms with Crippen LogP contribution >= 0.6 is 0 Å². The van der Waals surface area contributed by atoms with E-state index in [0.717, 1.165) is 46.5 Å². The maximum Gasteiger partial charge on any atom is 0.268 e. The lowest BCUT2D eigenvalue weighted by Crippen LogP contribution is -2.40. The van der Waals surface area contributed by atoms with E-state index < -0.39 is 11.0 Å². The summed E-state index contributed by atoms with van der Waals surface area (Å²) in [5.41, 5.74) is 8.88. The molecule has 0 saturated carbocycles. The van der Waals surface area contributed by atoms with E-state index in [1.54, 1.807) is 17.3 Å². The van der Waals surface area contributed by atoms with Gasteiger partial charge in [-0.05, 0) is 53.7 Å². The number of nitrogens with zero attached hydrogens (tertiary/aromatic N) is 1. The van der Waals surface area contributed by atoms with E-state index in [-0.39, 0.29) is 5.91 Å². The van der Waals surface area contributed by atoms with Crippen LogP contribution in [-0.4, -0.2) is 27.9 Å². The van der Waals surface area contributed by atoms with Crippen molar-refractivity contribution in [2.24, 2.45) is 5.92 Å². The number of amides is 1. The fourth-order valence-corrected chi connectivity index (χ4v) is 3.76. The second-order valence-electron chi connectivity index (χ2n) is 7.41. The number of nitrogens with one attached hydrogen (secondary N) is 2. The maximum absolute atomic E-state index is 12.8. The Bertz CT molecular complexity index is 840. The molecule has 1 aromatic rings. The van der Waals surface area contributed by atoms with E-state index in [9.17, 15) is 9.00 Å². The van der Waals surface area contributed by atoms with Gasteiger partial charge in [-0.3, -0.25) is 9.80 Å². The first-order chi connectivity index (χ1) is 13.3. The number of hydrogen-bond acceptors (Lipinski definition) is 3. The zero-order valence-corrected chi connectivity index (χ0v) is 18.3. The van der Waals surface area contributed by atoms with Crippen molar-refractivity contribution in [2.75, 3.05) is 12.8 Å². The van der Waals surface area contributed by atoms with Crippen molar-refractivity contribution in [1.82, 2.24) is 15.2 Å². The van der Waals surface area contributed by atoms with Gasteiger partial charge < -0.3 is 4.72 Å². The van der Waals surface area contributed by atoms with Crippen LogP contribution < -0.4 is 10.1 Å². The Kier molecular flexibility index (Phi) is 7.78. The number of aryl methyl sites for hydroxylation is 1. The molecule has 5 nitrogen and oxygen atoms in total. The maximum atomic E-state index is 12.8. The Hall–Kier alpha value is -2.18. The molecule has 0 aromatic heterocycles. The van der Waals surface area contributed by atoms with Gasteiger partial charge in [-0.1, -0.05) is 45.6 Å². The van der Waals surface area contributed by atoms with Gasteiger partial charge in [0, 0.05) is 24.1 Å². The highest BCUT2D eigenvalue weighted by molar-refractivity contribution is 7.82. The van der Waals surface area contributed by atoms with Crippen molar-refractivity contribution < 1.29 is 9.00 Å². The molecule has 28 heavy (non-hydrogen) atoms. The zero-order valence-electron chi connectivity index (χ0n) is 17.5. The highest BCUT2D eigenvalue weighted by Crippen LogP contribution is 2.30. The molecule has 1 aliphatic heterocycles. The quantitative estimate of drug-likeness (QED) is 0.618. The minimum Gasteiger partial charge on any atom is -0.309 e. The van der Waals surface area contributed by atoms with Gasteiger partial charge in [0.25, 0.3) is 5.91 Å². The van der Waals surface area contributed by atoms with E-state index in [4.69, 9.17) is 0 Å². The van der Waals surface area contributed by atoms with Crippen molar-refractivity contribution in [3.05, 3.63) is 64.9 Å². The molecular weight excluding hydrogens is 370 g/mol. The smallest absolute Gasteiger partial charge is 0.268 e. The molecule has 2 rings (SSSR count).